The van der Waals surface area contributed by atoms with Gasteiger partial charge in [-0.2, -0.15) is 0 Å². The van der Waals surface area contributed by atoms with E-state index in [2.05, 4.69) is 162 Å². The molecule has 0 amide bonds. The number of para-hydroxylation sites is 2. The summed E-state index contributed by atoms with van der Waals surface area (Å²) in [6, 6.07) is 61.2. The maximum Gasteiger partial charge on any atom is 0.159 e. The number of nitrogens with one attached hydrogen (secondary N) is 2. The van der Waals surface area contributed by atoms with E-state index in [1.807, 2.05) is 36.4 Å². The normalized spacial score (nSPS) is 16.1. The molecular weight excluding hydrogens is 661 g/mol. The van der Waals surface area contributed by atoms with Gasteiger partial charge < -0.3 is 21.3 Å². The fourth-order valence-corrected chi connectivity index (χ4v) is 7.57. The highest BCUT2D eigenvalue weighted by Crippen LogP contribution is 2.44. The van der Waals surface area contributed by atoms with Gasteiger partial charge in [-0.05, 0) is 76.2 Å². The second kappa shape index (κ2) is 14.2. The molecule has 2 aliphatic rings. The molecular formula is C48H40N6. The summed E-state index contributed by atoms with van der Waals surface area (Å²) in [5, 5.41) is 7.27. The summed E-state index contributed by atoms with van der Waals surface area (Å²) >= 11 is 0. The Bertz CT molecular complexity index is 2520. The molecule has 4 N–H and O–H groups in total. The van der Waals surface area contributed by atoms with Crippen LogP contribution in [0.4, 0.5) is 22.7 Å². The Labute approximate surface area is 316 Å². The molecule has 0 aromatic heterocycles. The average Bonchev–Trinajstić information content (AvgIpc) is 3.63. The number of fused-ring (bicyclic) bond motifs is 1. The highest BCUT2D eigenvalue weighted by Gasteiger charge is 2.29. The van der Waals surface area contributed by atoms with Crippen LogP contribution in [0.2, 0.25) is 0 Å². The van der Waals surface area contributed by atoms with Gasteiger partial charge in [-0.3, -0.25) is 0 Å². The first-order valence-corrected chi connectivity index (χ1v) is 18.5. The zero-order valence-electron chi connectivity index (χ0n) is 30.0. The number of amidine groups is 2. The van der Waals surface area contributed by atoms with E-state index in [-0.39, 0.29) is 12.3 Å². The van der Waals surface area contributed by atoms with Crippen LogP contribution in [0.1, 0.15) is 36.2 Å². The van der Waals surface area contributed by atoms with Crippen LogP contribution in [-0.2, 0) is 0 Å². The second-order valence-electron chi connectivity index (χ2n) is 13.7. The number of nitrogens with zero attached hydrogens (tertiary/aromatic N) is 3. The van der Waals surface area contributed by atoms with Gasteiger partial charge in [-0.15, -0.1) is 0 Å². The Balaban J connectivity index is 1.04. The molecule has 0 saturated heterocycles. The van der Waals surface area contributed by atoms with E-state index < -0.39 is 0 Å². The minimum atomic E-state index is -0.255. The van der Waals surface area contributed by atoms with Crippen LogP contribution in [0.3, 0.4) is 0 Å². The molecule has 2 atom stereocenters. The minimum Gasteiger partial charge on any atom is -0.398 e. The van der Waals surface area contributed by atoms with E-state index in [9.17, 15) is 0 Å². The Morgan fingerprint density at radius 3 is 1.94 bits per heavy atom. The summed E-state index contributed by atoms with van der Waals surface area (Å²) in [6.07, 6.45) is 0.876. The lowest BCUT2D eigenvalue weighted by Crippen LogP contribution is -2.33. The molecule has 7 aromatic rings. The number of aliphatic imine (C=N–C) groups is 2. The summed E-state index contributed by atoms with van der Waals surface area (Å²) in [5.41, 5.74) is 20.7. The van der Waals surface area contributed by atoms with Gasteiger partial charge in [-0.25, -0.2) is 9.98 Å². The van der Waals surface area contributed by atoms with Gasteiger partial charge in [0, 0.05) is 28.1 Å². The van der Waals surface area contributed by atoms with Crippen molar-refractivity contribution in [1.29, 1.82) is 0 Å². The van der Waals surface area contributed by atoms with Gasteiger partial charge in [0.25, 0.3) is 0 Å². The quantitative estimate of drug-likeness (QED) is 0.138. The van der Waals surface area contributed by atoms with Crippen molar-refractivity contribution in [1.82, 2.24) is 5.32 Å². The zero-order chi connectivity index (χ0) is 36.4. The zero-order valence-corrected chi connectivity index (χ0v) is 30.0. The fraction of sp³-hybridized carbons (Fsp3) is 0.0833. The lowest BCUT2D eigenvalue weighted by Gasteiger charge is -2.27. The average molecular weight is 701 g/mol. The molecule has 2 aliphatic heterocycles. The lowest BCUT2D eigenvalue weighted by molar-refractivity contribution is 0.674. The van der Waals surface area contributed by atoms with Gasteiger partial charge in [0.2, 0.25) is 0 Å². The van der Waals surface area contributed by atoms with Crippen molar-refractivity contribution >= 4 is 34.4 Å². The van der Waals surface area contributed by atoms with Crippen LogP contribution < -0.4 is 21.3 Å². The molecule has 6 heteroatoms. The van der Waals surface area contributed by atoms with Gasteiger partial charge in [-0.1, -0.05) is 146 Å². The number of nitrogens with two attached hydrogens (primary N) is 1. The molecule has 6 nitrogen and oxygen atoms in total. The summed E-state index contributed by atoms with van der Waals surface area (Å²) in [5.74, 6) is 1.50. The number of nitrogen functional groups attached to an aromatic ring is 1. The van der Waals surface area contributed by atoms with Gasteiger partial charge in [0.05, 0.1) is 11.4 Å². The number of hydrogen-bond acceptors (Lipinski definition) is 6. The minimum absolute atomic E-state index is 0.173. The first-order chi connectivity index (χ1) is 26.6. The monoisotopic (exact) mass is 700 g/mol. The molecule has 0 spiro atoms. The molecule has 54 heavy (non-hydrogen) atoms. The third kappa shape index (κ3) is 6.28. The van der Waals surface area contributed by atoms with Gasteiger partial charge in [0.1, 0.15) is 18.2 Å². The van der Waals surface area contributed by atoms with Crippen molar-refractivity contribution in [2.24, 2.45) is 9.98 Å². The predicted molar refractivity (Wildman–Crippen MR) is 225 cm³/mol. The summed E-state index contributed by atoms with van der Waals surface area (Å²) < 4.78 is 0. The number of rotatable bonds is 8. The molecule has 7 aromatic carbocycles. The van der Waals surface area contributed by atoms with E-state index in [0.717, 1.165) is 79.4 Å². The van der Waals surface area contributed by atoms with Crippen molar-refractivity contribution in [3.8, 4) is 33.4 Å². The molecule has 2 heterocycles. The van der Waals surface area contributed by atoms with Crippen LogP contribution in [0.5, 0.6) is 0 Å². The second-order valence-corrected chi connectivity index (χ2v) is 13.7. The third-order valence-corrected chi connectivity index (χ3v) is 10.2. The van der Waals surface area contributed by atoms with E-state index in [4.69, 9.17) is 15.7 Å². The molecule has 9 rings (SSSR count). The first-order valence-electron chi connectivity index (χ1n) is 18.5. The molecule has 0 bridgehead atoms. The summed E-state index contributed by atoms with van der Waals surface area (Å²) in [6.45, 7) is 2.20. The van der Waals surface area contributed by atoms with Crippen LogP contribution in [-0.4, -0.2) is 17.8 Å². The number of benzene rings is 7. The SMILES string of the molecule is CCC1Nc2ccccc2N1c1ccc(-c2ccccc2-c2cccc(-c3cccc(C4=NC(c5ccccc5)=NC(c5ccccc5)N4)c3)c2)c(N)c1. The Morgan fingerprint density at radius 2 is 1.19 bits per heavy atom. The van der Waals surface area contributed by atoms with Crippen molar-refractivity contribution in [3.63, 3.8) is 0 Å². The Kier molecular flexibility index (Phi) is 8.69. The summed E-state index contributed by atoms with van der Waals surface area (Å²) in [7, 11) is 0. The molecule has 2 unspecified atom stereocenters. The first kappa shape index (κ1) is 33.0. The highest BCUT2D eigenvalue weighted by atomic mass is 15.3. The number of hydrogen-bond donors (Lipinski definition) is 3. The van der Waals surface area contributed by atoms with Crippen LogP contribution in [0.25, 0.3) is 33.4 Å². The van der Waals surface area contributed by atoms with Crippen LogP contribution in [0, 0.1) is 0 Å². The van der Waals surface area contributed by atoms with E-state index in [1.54, 1.807) is 0 Å². The molecule has 0 radical (unpaired) electrons. The van der Waals surface area contributed by atoms with Crippen molar-refractivity contribution in [2.75, 3.05) is 16.0 Å². The van der Waals surface area contributed by atoms with Gasteiger partial charge in [0.15, 0.2) is 5.84 Å². The van der Waals surface area contributed by atoms with Crippen LogP contribution >= 0.6 is 0 Å². The van der Waals surface area contributed by atoms with Gasteiger partial charge >= 0.3 is 0 Å². The maximum absolute atomic E-state index is 6.90. The standard InChI is InChI=1S/C48H40N6/c1-2-45-50-43-25-11-12-26-44(43)54(45)38-27-28-41(42(49)31-38)40-24-10-9-23-39(40)36-21-13-19-34(29-36)35-20-14-22-37(30-35)48-52-46(32-15-5-3-6-16-32)51-47(53-48)33-17-7-4-8-18-33/h3-31,45-46,50H,2,49H2,1H3,(H,51,52,53). The number of anilines is 4. The molecule has 0 aliphatic carbocycles. The van der Waals surface area contributed by atoms with Crippen LogP contribution in [0.15, 0.2) is 186 Å². The maximum atomic E-state index is 6.90. The molecule has 0 fully saturated rings. The van der Waals surface area contributed by atoms with Crippen molar-refractivity contribution in [3.05, 3.63) is 193 Å². The predicted octanol–water partition coefficient (Wildman–Crippen LogP) is 11.1. The topological polar surface area (TPSA) is 78.0 Å². The third-order valence-electron chi connectivity index (χ3n) is 10.2. The largest absolute Gasteiger partial charge is 0.398 e. The van der Waals surface area contributed by atoms with E-state index >= 15 is 0 Å². The molecule has 0 saturated carbocycles. The highest BCUT2D eigenvalue weighted by molar-refractivity contribution is 6.13. The Morgan fingerprint density at radius 1 is 0.556 bits per heavy atom. The van der Waals surface area contributed by atoms with E-state index in [1.165, 1.54) is 5.69 Å². The Hall–Kier alpha value is -6.92. The van der Waals surface area contributed by atoms with Crippen molar-refractivity contribution < 1.29 is 0 Å². The fourth-order valence-electron chi connectivity index (χ4n) is 7.57. The van der Waals surface area contributed by atoms with Crippen molar-refractivity contribution in [2.45, 2.75) is 25.7 Å². The smallest absolute Gasteiger partial charge is 0.159 e. The molecule has 262 valence electrons. The van der Waals surface area contributed by atoms with E-state index in [0.29, 0.717) is 5.84 Å². The summed E-state index contributed by atoms with van der Waals surface area (Å²) in [4.78, 5) is 12.4. The lowest BCUT2D eigenvalue weighted by atomic mass is 9.91.